The zero-order chi connectivity index (χ0) is 18.9. The summed E-state index contributed by atoms with van der Waals surface area (Å²) in [7, 11) is 0. The van der Waals surface area contributed by atoms with Gasteiger partial charge in [-0.15, -0.1) is 16.4 Å². The molecule has 1 aliphatic rings. The number of aliphatic carboxylic acids is 1. The molecule has 0 atom stereocenters. The van der Waals surface area contributed by atoms with Crippen LogP contribution in [0.25, 0.3) is 16.4 Å². The first kappa shape index (κ1) is 17.4. The smallest absolute Gasteiger partial charge is 0.305 e. The predicted octanol–water partition coefficient (Wildman–Crippen LogP) is 3.12. The lowest BCUT2D eigenvalue weighted by atomic mass is 9.74. The van der Waals surface area contributed by atoms with Gasteiger partial charge in [-0.2, -0.15) is 0 Å². The number of carbonyl (C=O) groups is 2. The molecule has 7 nitrogen and oxygen atoms in total. The highest BCUT2D eigenvalue weighted by Crippen LogP contribution is 2.35. The summed E-state index contributed by atoms with van der Waals surface area (Å²) in [6.45, 7) is 0. The SMILES string of the molecule is O=C(O)CC1(NC(=O)c2nc(-c3cccs3)n(-c3ccccc3)n2)CCC1. The first-order valence-corrected chi connectivity index (χ1v) is 9.55. The summed E-state index contributed by atoms with van der Waals surface area (Å²) in [6.07, 6.45) is 2.13. The zero-order valence-corrected chi connectivity index (χ0v) is 15.3. The highest BCUT2D eigenvalue weighted by Gasteiger charge is 2.41. The number of thiophene rings is 1. The number of hydrogen-bond donors (Lipinski definition) is 2. The molecule has 3 aromatic rings. The molecule has 2 aromatic heterocycles. The van der Waals surface area contributed by atoms with Crippen LogP contribution in [0.1, 0.15) is 36.3 Å². The Labute approximate surface area is 159 Å². The summed E-state index contributed by atoms with van der Waals surface area (Å²) < 4.78 is 1.64. The molecule has 1 aliphatic carbocycles. The first-order valence-electron chi connectivity index (χ1n) is 8.67. The molecule has 138 valence electrons. The van der Waals surface area contributed by atoms with Gasteiger partial charge >= 0.3 is 5.97 Å². The van der Waals surface area contributed by atoms with E-state index in [2.05, 4.69) is 15.4 Å². The van der Waals surface area contributed by atoms with Crippen LogP contribution in [0.2, 0.25) is 0 Å². The van der Waals surface area contributed by atoms with Crippen molar-refractivity contribution < 1.29 is 14.7 Å². The van der Waals surface area contributed by atoms with Crippen molar-refractivity contribution in [2.24, 2.45) is 0 Å². The Balaban J connectivity index is 1.67. The number of nitrogens with one attached hydrogen (secondary N) is 1. The summed E-state index contributed by atoms with van der Waals surface area (Å²) in [4.78, 5) is 29.3. The average molecular weight is 382 g/mol. The van der Waals surface area contributed by atoms with Crippen molar-refractivity contribution in [3.8, 4) is 16.4 Å². The largest absolute Gasteiger partial charge is 0.481 e. The number of aromatic nitrogens is 3. The van der Waals surface area contributed by atoms with Gasteiger partial charge in [-0.25, -0.2) is 9.67 Å². The quantitative estimate of drug-likeness (QED) is 0.683. The number of hydrogen-bond acceptors (Lipinski definition) is 5. The Morgan fingerprint density at radius 3 is 2.56 bits per heavy atom. The van der Waals surface area contributed by atoms with E-state index in [4.69, 9.17) is 5.11 Å². The van der Waals surface area contributed by atoms with Crippen molar-refractivity contribution >= 4 is 23.2 Å². The molecule has 2 heterocycles. The van der Waals surface area contributed by atoms with Gasteiger partial charge in [0.1, 0.15) is 0 Å². The van der Waals surface area contributed by atoms with Crippen molar-refractivity contribution in [1.29, 1.82) is 0 Å². The molecule has 0 spiro atoms. The van der Waals surface area contributed by atoms with E-state index in [0.717, 1.165) is 17.0 Å². The molecular weight excluding hydrogens is 364 g/mol. The molecule has 0 unspecified atom stereocenters. The Hall–Kier alpha value is -3.00. The standard InChI is InChI=1S/C19H18N4O3S/c24-15(25)12-19(9-5-10-19)21-18(26)16-20-17(14-8-4-11-27-14)23(22-16)13-6-2-1-3-7-13/h1-4,6-8,11H,5,9-10,12H2,(H,21,26)(H,24,25). The molecule has 0 saturated heterocycles. The number of benzene rings is 1. The first-order chi connectivity index (χ1) is 13.1. The minimum atomic E-state index is -0.919. The molecule has 0 radical (unpaired) electrons. The number of para-hydroxylation sites is 1. The fourth-order valence-corrected chi connectivity index (χ4v) is 3.96. The fraction of sp³-hybridized carbons (Fsp3) is 0.263. The number of carbonyl (C=O) groups excluding carboxylic acids is 1. The van der Waals surface area contributed by atoms with Gasteiger partial charge in [0.2, 0.25) is 5.82 Å². The average Bonchev–Trinajstić information content (AvgIpc) is 3.29. The molecule has 4 rings (SSSR count). The summed E-state index contributed by atoms with van der Waals surface area (Å²) >= 11 is 1.51. The van der Waals surface area contributed by atoms with Crippen molar-refractivity contribution in [2.75, 3.05) is 0 Å². The van der Waals surface area contributed by atoms with E-state index in [1.54, 1.807) is 4.68 Å². The molecular formula is C19H18N4O3S. The minimum absolute atomic E-state index is 0.0407. The zero-order valence-electron chi connectivity index (χ0n) is 14.5. The third kappa shape index (κ3) is 3.48. The fourth-order valence-electron chi connectivity index (χ4n) is 3.26. The number of amides is 1. The van der Waals surface area contributed by atoms with Crippen molar-refractivity contribution in [3.05, 3.63) is 53.7 Å². The third-order valence-corrected chi connectivity index (χ3v) is 5.60. The van der Waals surface area contributed by atoms with Crippen molar-refractivity contribution in [2.45, 2.75) is 31.2 Å². The third-order valence-electron chi connectivity index (χ3n) is 4.73. The molecule has 2 N–H and O–H groups in total. The number of carboxylic acid groups (broad SMARTS) is 1. The Morgan fingerprint density at radius 1 is 1.19 bits per heavy atom. The molecule has 27 heavy (non-hydrogen) atoms. The van der Waals surface area contributed by atoms with Crippen molar-refractivity contribution in [3.63, 3.8) is 0 Å². The number of rotatable bonds is 6. The van der Waals surface area contributed by atoms with Gasteiger partial charge in [0.05, 0.1) is 22.5 Å². The topological polar surface area (TPSA) is 97.1 Å². The molecule has 0 bridgehead atoms. The predicted molar refractivity (Wildman–Crippen MR) is 101 cm³/mol. The van der Waals surface area contributed by atoms with Gasteiger partial charge in [0.25, 0.3) is 5.91 Å². The molecule has 1 amide bonds. The highest BCUT2D eigenvalue weighted by atomic mass is 32.1. The Morgan fingerprint density at radius 2 is 1.96 bits per heavy atom. The van der Waals surface area contributed by atoms with Gasteiger partial charge < -0.3 is 10.4 Å². The summed E-state index contributed by atoms with van der Waals surface area (Å²) in [6, 6.07) is 13.3. The van der Waals surface area contributed by atoms with E-state index in [-0.39, 0.29) is 12.2 Å². The van der Waals surface area contributed by atoms with E-state index in [0.29, 0.717) is 18.7 Å². The van der Waals surface area contributed by atoms with E-state index in [9.17, 15) is 9.59 Å². The second kappa shape index (κ2) is 6.96. The van der Waals surface area contributed by atoms with Gasteiger partial charge in [-0.3, -0.25) is 9.59 Å². The van der Waals surface area contributed by atoms with Gasteiger partial charge in [-0.05, 0) is 42.8 Å². The molecule has 1 saturated carbocycles. The summed E-state index contributed by atoms with van der Waals surface area (Å²) in [5.41, 5.74) is 0.112. The molecule has 0 aliphatic heterocycles. The lowest BCUT2D eigenvalue weighted by Crippen LogP contribution is -2.54. The minimum Gasteiger partial charge on any atom is -0.481 e. The monoisotopic (exact) mass is 382 g/mol. The van der Waals surface area contributed by atoms with Crippen LogP contribution in [-0.2, 0) is 4.79 Å². The van der Waals surface area contributed by atoms with E-state index in [1.807, 2.05) is 47.8 Å². The van der Waals surface area contributed by atoms with Crippen LogP contribution in [0.15, 0.2) is 47.8 Å². The van der Waals surface area contributed by atoms with E-state index >= 15 is 0 Å². The van der Waals surface area contributed by atoms with Crippen molar-refractivity contribution in [1.82, 2.24) is 20.1 Å². The second-order valence-electron chi connectivity index (χ2n) is 6.64. The number of nitrogens with zero attached hydrogens (tertiary/aromatic N) is 3. The molecule has 8 heteroatoms. The maximum absolute atomic E-state index is 12.8. The second-order valence-corrected chi connectivity index (χ2v) is 7.59. The number of carboxylic acids is 1. The maximum atomic E-state index is 12.8. The summed E-state index contributed by atoms with van der Waals surface area (Å²) in [5.74, 6) is -0.735. The highest BCUT2D eigenvalue weighted by molar-refractivity contribution is 7.13. The van der Waals surface area contributed by atoms with Gasteiger partial charge in [0, 0.05) is 0 Å². The molecule has 1 fully saturated rings. The lowest BCUT2D eigenvalue weighted by Gasteiger charge is -2.41. The van der Waals surface area contributed by atoms with Crippen LogP contribution < -0.4 is 5.32 Å². The normalized spacial score (nSPS) is 15.1. The van der Waals surface area contributed by atoms with Crippen LogP contribution in [-0.4, -0.2) is 37.3 Å². The van der Waals surface area contributed by atoms with Gasteiger partial charge in [-0.1, -0.05) is 24.3 Å². The van der Waals surface area contributed by atoms with Crippen LogP contribution in [0.3, 0.4) is 0 Å². The lowest BCUT2D eigenvalue weighted by molar-refractivity contribution is -0.139. The molecule has 1 aromatic carbocycles. The maximum Gasteiger partial charge on any atom is 0.305 e. The summed E-state index contributed by atoms with van der Waals surface area (Å²) in [5, 5.41) is 18.3. The van der Waals surface area contributed by atoms with E-state index < -0.39 is 17.4 Å². The van der Waals surface area contributed by atoms with Gasteiger partial charge in [0.15, 0.2) is 5.82 Å². The van der Waals surface area contributed by atoms with Crippen LogP contribution in [0.5, 0.6) is 0 Å². The Bertz CT molecular complexity index is 962. The van der Waals surface area contributed by atoms with Crippen LogP contribution >= 0.6 is 11.3 Å². The van der Waals surface area contributed by atoms with Crippen LogP contribution in [0.4, 0.5) is 0 Å². The van der Waals surface area contributed by atoms with E-state index in [1.165, 1.54) is 11.3 Å². The van der Waals surface area contributed by atoms with Crippen LogP contribution in [0, 0.1) is 0 Å². The Kier molecular flexibility index (Phi) is 4.49.